The number of likely N-dealkylation sites (N-methyl/N-ethyl adjacent to an activating group) is 1. The fourth-order valence-electron chi connectivity index (χ4n) is 2.14. The smallest absolute Gasteiger partial charge is 0.0157 e. The van der Waals surface area contributed by atoms with E-state index in [1.165, 1.54) is 25.9 Å². The van der Waals surface area contributed by atoms with Crippen molar-refractivity contribution in [1.29, 1.82) is 0 Å². The lowest BCUT2D eigenvalue weighted by molar-refractivity contribution is 0.232. The molecule has 2 atom stereocenters. The molecule has 0 aromatic heterocycles. The maximum atomic E-state index is 3.75. The summed E-state index contributed by atoms with van der Waals surface area (Å²) in [5.74, 6) is 0.876. The minimum Gasteiger partial charge on any atom is -0.314 e. The first-order chi connectivity index (χ1) is 6.22. The average Bonchev–Trinajstić information content (AvgIpc) is 2.04. The molecule has 1 aliphatic rings. The summed E-state index contributed by atoms with van der Waals surface area (Å²) in [5, 5.41) is 3.48. The van der Waals surface area contributed by atoms with Crippen LogP contribution in [0.2, 0.25) is 0 Å². The van der Waals surface area contributed by atoms with Crippen molar-refractivity contribution in [3.63, 3.8) is 0 Å². The summed E-state index contributed by atoms with van der Waals surface area (Å²) >= 11 is 0. The Kier molecular flexibility index (Phi) is 4.46. The van der Waals surface area contributed by atoms with Crippen molar-refractivity contribution < 1.29 is 0 Å². The third kappa shape index (κ3) is 3.92. The fraction of sp³-hybridized carbons (Fsp3) is 0.818. The highest BCUT2D eigenvalue weighted by Crippen LogP contribution is 2.16. The van der Waals surface area contributed by atoms with E-state index < -0.39 is 0 Å². The first-order valence-corrected chi connectivity index (χ1v) is 5.25. The Morgan fingerprint density at radius 1 is 1.62 bits per heavy atom. The van der Waals surface area contributed by atoms with Crippen LogP contribution in [0.4, 0.5) is 0 Å². The van der Waals surface area contributed by atoms with Crippen LogP contribution in [0.25, 0.3) is 0 Å². The Morgan fingerprint density at radius 2 is 2.38 bits per heavy atom. The second-order valence-corrected chi connectivity index (χ2v) is 4.26. The lowest BCUT2D eigenvalue weighted by Gasteiger charge is -2.30. The number of nitrogens with one attached hydrogen (secondary N) is 1. The molecule has 1 rings (SSSR count). The van der Waals surface area contributed by atoms with Gasteiger partial charge in [-0.3, -0.25) is 0 Å². The third-order valence-electron chi connectivity index (χ3n) is 2.74. The molecule has 0 bridgehead atoms. The zero-order valence-electron chi connectivity index (χ0n) is 8.92. The fourth-order valence-corrected chi connectivity index (χ4v) is 2.14. The van der Waals surface area contributed by atoms with E-state index in [0.29, 0.717) is 6.04 Å². The highest BCUT2D eigenvalue weighted by molar-refractivity contribution is 4.79. The maximum Gasteiger partial charge on any atom is 0.0157 e. The summed E-state index contributed by atoms with van der Waals surface area (Å²) in [7, 11) is 2.17. The SMILES string of the molecule is C=CCN(C)CC1CCNC(C)C1. The molecule has 0 aromatic rings. The molecule has 0 amide bonds. The van der Waals surface area contributed by atoms with Gasteiger partial charge >= 0.3 is 0 Å². The van der Waals surface area contributed by atoms with Gasteiger partial charge in [0.2, 0.25) is 0 Å². The highest BCUT2D eigenvalue weighted by Gasteiger charge is 2.18. The molecular formula is C11H22N2. The second kappa shape index (κ2) is 5.40. The lowest BCUT2D eigenvalue weighted by atomic mass is 9.93. The Morgan fingerprint density at radius 3 is 3.00 bits per heavy atom. The lowest BCUT2D eigenvalue weighted by Crippen LogP contribution is -2.39. The van der Waals surface area contributed by atoms with E-state index >= 15 is 0 Å². The van der Waals surface area contributed by atoms with Gasteiger partial charge in [0.25, 0.3) is 0 Å². The first kappa shape index (κ1) is 10.7. The molecule has 1 saturated heterocycles. The molecule has 0 aromatic carbocycles. The molecule has 0 radical (unpaired) electrons. The van der Waals surface area contributed by atoms with Gasteiger partial charge in [-0.2, -0.15) is 0 Å². The van der Waals surface area contributed by atoms with Gasteiger partial charge in [0, 0.05) is 19.1 Å². The van der Waals surface area contributed by atoms with Crippen LogP contribution in [0.15, 0.2) is 12.7 Å². The predicted molar refractivity (Wildman–Crippen MR) is 57.9 cm³/mol. The van der Waals surface area contributed by atoms with Gasteiger partial charge in [-0.25, -0.2) is 0 Å². The van der Waals surface area contributed by atoms with Gasteiger partial charge in [-0.15, -0.1) is 6.58 Å². The number of rotatable bonds is 4. The van der Waals surface area contributed by atoms with Crippen molar-refractivity contribution in [2.75, 3.05) is 26.7 Å². The molecule has 2 unspecified atom stereocenters. The summed E-state index contributed by atoms with van der Waals surface area (Å²) in [6.45, 7) is 9.45. The van der Waals surface area contributed by atoms with Gasteiger partial charge in [0.05, 0.1) is 0 Å². The van der Waals surface area contributed by atoms with Crippen LogP contribution in [0.3, 0.4) is 0 Å². The van der Waals surface area contributed by atoms with Gasteiger partial charge in [0.1, 0.15) is 0 Å². The van der Waals surface area contributed by atoms with Crippen molar-refractivity contribution >= 4 is 0 Å². The molecule has 0 aliphatic carbocycles. The van der Waals surface area contributed by atoms with Gasteiger partial charge in [-0.1, -0.05) is 6.08 Å². The average molecular weight is 182 g/mol. The van der Waals surface area contributed by atoms with Gasteiger partial charge in [0.15, 0.2) is 0 Å². The van der Waals surface area contributed by atoms with Crippen LogP contribution in [0, 0.1) is 5.92 Å². The number of hydrogen-bond donors (Lipinski definition) is 1. The van der Waals surface area contributed by atoms with E-state index in [4.69, 9.17) is 0 Å². The number of nitrogens with zero attached hydrogens (tertiary/aromatic N) is 1. The largest absolute Gasteiger partial charge is 0.314 e. The van der Waals surface area contributed by atoms with Crippen molar-refractivity contribution in [3.05, 3.63) is 12.7 Å². The maximum absolute atomic E-state index is 3.75. The monoisotopic (exact) mass is 182 g/mol. The van der Waals surface area contributed by atoms with Crippen LogP contribution in [0.1, 0.15) is 19.8 Å². The highest BCUT2D eigenvalue weighted by atomic mass is 15.1. The zero-order chi connectivity index (χ0) is 9.68. The molecule has 0 spiro atoms. The molecule has 1 fully saturated rings. The van der Waals surface area contributed by atoms with E-state index in [0.717, 1.165) is 12.5 Å². The zero-order valence-corrected chi connectivity index (χ0v) is 8.92. The second-order valence-electron chi connectivity index (χ2n) is 4.26. The summed E-state index contributed by atoms with van der Waals surface area (Å²) in [5.41, 5.74) is 0. The first-order valence-electron chi connectivity index (χ1n) is 5.25. The van der Waals surface area contributed by atoms with Crippen molar-refractivity contribution in [2.24, 2.45) is 5.92 Å². The van der Waals surface area contributed by atoms with Crippen LogP contribution < -0.4 is 5.32 Å². The molecule has 13 heavy (non-hydrogen) atoms. The molecule has 1 heterocycles. The van der Waals surface area contributed by atoms with E-state index in [2.05, 4.69) is 30.8 Å². The number of piperidine rings is 1. The van der Waals surface area contributed by atoms with E-state index in [1.807, 2.05) is 6.08 Å². The molecule has 2 heteroatoms. The van der Waals surface area contributed by atoms with Gasteiger partial charge in [-0.05, 0) is 39.3 Å². The van der Waals surface area contributed by atoms with Crippen LogP contribution >= 0.6 is 0 Å². The van der Waals surface area contributed by atoms with Crippen LogP contribution in [0.5, 0.6) is 0 Å². The Labute approximate surface area is 82.0 Å². The van der Waals surface area contributed by atoms with E-state index in [-0.39, 0.29) is 0 Å². The molecular weight excluding hydrogens is 160 g/mol. The number of hydrogen-bond acceptors (Lipinski definition) is 2. The van der Waals surface area contributed by atoms with Gasteiger partial charge < -0.3 is 10.2 Å². The Balaban J connectivity index is 2.22. The molecule has 76 valence electrons. The van der Waals surface area contributed by atoms with Crippen LogP contribution in [-0.2, 0) is 0 Å². The molecule has 0 saturated carbocycles. The summed E-state index contributed by atoms with van der Waals surface area (Å²) in [6, 6.07) is 0.705. The Bertz CT molecular complexity index is 156. The van der Waals surface area contributed by atoms with Crippen LogP contribution in [-0.4, -0.2) is 37.6 Å². The minimum absolute atomic E-state index is 0.705. The molecule has 1 N–H and O–H groups in total. The molecule has 2 nitrogen and oxygen atoms in total. The molecule has 1 aliphatic heterocycles. The predicted octanol–water partition coefficient (Wildman–Crippen LogP) is 1.49. The van der Waals surface area contributed by atoms with E-state index in [9.17, 15) is 0 Å². The normalized spacial score (nSPS) is 29.2. The summed E-state index contributed by atoms with van der Waals surface area (Å²) < 4.78 is 0. The quantitative estimate of drug-likeness (QED) is 0.663. The standard InChI is InChI=1S/C11H22N2/c1-4-7-13(3)9-11-5-6-12-10(2)8-11/h4,10-12H,1,5-9H2,2-3H3. The Hall–Kier alpha value is -0.340. The topological polar surface area (TPSA) is 15.3 Å². The summed E-state index contributed by atoms with van der Waals surface area (Å²) in [6.07, 6.45) is 4.62. The third-order valence-corrected chi connectivity index (χ3v) is 2.74. The van der Waals surface area contributed by atoms with Crippen molar-refractivity contribution in [3.8, 4) is 0 Å². The summed E-state index contributed by atoms with van der Waals surface area (Å²) in [4.78, 5) is 2.36. The minimum atomic E-state index is 0.705. The van der Waals surface area contributed by atoms with Crippen molar-refractivity contribution in [2.45, 2.75) is 25.8 Å². The van der Waals surface area contributed by atoms with E-state index in [1.54, 1.807) is 0 Å². The van der Waals surface area contributed by atoms with Crippen molar-refractivity contribution in [1.82, 2.24) is 10.2 Å².